The molecule has 0 spiro atoms. The molecule has 4 aromatic carbocycles. The number of allylic oxidation sites excluding steroid dienone is 4. The highest BCUT2D eigenvalue weighted by Crippen LogP contribution is 2.35. The molecule has 0 heterocycles. The second kappa shape index (κ2) is 10.0. The first-order valence-electron chi connectivity index (χ1n) is 11.7. The SMILES string of the molecule is O=C(C/C(=C\C(=C1\Cc2ccccc2C1=O)c1ccc(F)cc1)c1ccccc1)c1ccc(F)cc1. The molecular weight excluding hydrogens is 454 g/mol. The Morgan fingerprint density at radius 3 is 1.92 bits per heavy atom. The van der Waals surface area contributed by atoms with Gasteiger partial charge in [-0.25, -0.2) is 8.78 Å². The molecule has 36 heavy (non-hydrogen) atoms. The summed E-state index contributed by atoms with van der Waals surface area (Å²) in [6, 6.07) is 28.4. The van der Waals surface area contributed by atoms with E-state index in [-0.39, 0.29) is 23.8 Å². The van der Waals surface area contributed by atoms with E-state index in [1.54, 1.807) is 12.1 Å². The molecule has 0 saturated heterocycles. The number of ketones is 2. The summed E-state index contributed by atoms with van der Waals surface area (Å²) in [5.74, 6) is -1.02. The quantitative estimate of drug-likeness (QED) is 0.213. The van der Waals surface area contributed by atoms with Gasteiger partial charge in [0.05, 0.1) is 0 Å². The highest BCUT2D eigenvalue weighted by atomic mass is 19.1. The summed E-state index contributed by atoms with van der Waals surface area (Å²) in [5.41, 5.74) is 5.48. The average Bonchev–Trinajstić information content (AvgIpc) is 3.24. The molecule has 0 saturated carbocycles. The van der Waals surface area contributed by atoms with Gasteiger partial charge < -0.3 is 0 Å². The van der Waals surface area contributed by atoms with Gasteiger partial charge in [0.15, 0.2) is 11.6 Å². The van der Waals surface area contributed by atoms with Crippen molar-refractivity contribution in [3.63, 3.8) is 0 Å². The van der Waals surface area contributed by atoms with Crippen LogP contribution >= 0.6 is 0 Å². The van der Waals surface area contributed by atoms with E-state index in [9.17, 15) is 18.4 Å². The lowest BCUT2D eigenvalue weighted by molar-refractivity contribution is 0.0997. The van der Waals surface area contributed by atoms with Crippen molar-refractivity contribution >= 4 is 22.7 Å². The third-order valence-corrected chi connectivity index (χ3v) is 6.36. The summed E-state index contributed by atoms with van der Waals surface area (Å²) < 4.78 is 27.2. The topological polar surface area (TPSA) is 34.1 Å². The van der Waals surface area contributed by atoms with Gasteiger partial charge >= 0.3 is 0 Å². The van der Waals surface area contributed by atoms with Gasteiger partial charge in [0, 0.05) is 29.5 Å². The summed E-state index contributed by atoms with van der Waals surface area (Å²) in [6.45, 7) is 0. The molecule has 1 aliphatic carbocycles. The smallest absolute Gasteiger partial charge is 0.190 e. The van der Waals surface area contributed by atoms with Crippen LogP contribution in [-0.2, 0) is 6.42 Å². The molecule has 5 rings (SSSR count). The van der Waals surface area contributed by atoms with Crippen LogP contribution in [0.3, 0.4) is 0 Å². The Morgan fingerprint density at radius 1 is 0.694 bits per heavy atom. The second-order valence-electron chi connectivity index (χ2n) is 8.70. The highest BCUT2D eigenvalue weighted by molar-refractivity contribution is 6.18. The van der Waals surface area contributed by atoms with E-state index in [4.69, 9.17) is 0 Å². The van der Waals surface area contributed by atoms with Crippen molar-refractivity contribution in [1.82, 2.24) is 0 Å². The first kappa shape index (κ1) is 23.3. The number of rotatable bonds is 6. The molecule has 0 fully saturated rings. The molecule has 1 aliphatic rings. The monoisotopic (exact) mass is 476 g/mol. The van der Waals surface area contributed by atoms with E-state index in [0.29, 0.717) is 39.8 Å². The normalized spacial score (nSPS) is 14.5. The Kier molecular flexibility index (Phi) is 6.50. The van der Waals surface area contributed by atoms with Crippen LogP contribution in [0.2, 0.25) is 0 Å². The van der Waals surface area contributed by atoms with Crippen molar-refractivity contribution in [3.8, 4) is 0 Å². The van der Waals surface area contributed by atoms with Crippen molar-refractivity contribution in [2.45, 2.75) is 12.8 Å². The molecule has 0 atom stereocenters. The fraction of sp³-hybridized carbons (Fsp3) is 0.0625. The second-order valence-corrected chi connectivity index (χ2v) is 8.70. The Morgan fingerprint density at radius 2 is 1.28 bits per heavy atom. The summed E-state index contributed by atoms with van der Waals surface area (Å²) in [7, 11) is 0. The fourth-order valence-electron chi connectivity index (χ4n) is 4.49. The van der Waals surface area contributed by atoms with Crippen LogP contribution in [0.5, 0.6) is 0 Å². The molecule has 176 valence electrons. The number of carbonyl (C=O) groups is 2. The van der Waals surface area contributed by atoms with Gasteiger partial charge in [0.25, 0.3) is 0 Å². The standard InChI is InChI=1S/C32H22F2O2/c33-26-14-10-22(11-15-26)29(30-18-24-8-4-5-9-28(24)32(30)36)19-25(21-6-2-1-3-7-21)20-31(35)23-12-16-27(34)17-13-23/h1-17,19H,18,20H2/b25-19+,30-29+. The first-order chi connectivity index (χ1) is 17.5. The van der Waals surface area contributed by atoms with Crippen LogP contribution in [0, 0.1) is 11.6 Å². The van der Waals surface area contributed by atoms with Crippen LogP contribution in [0.1, 0.15) is 43.8 Å². The molecule has 0 amide bonds. The lowest BCUT2D eigenvalue weighted by Crippen LogP contribution is -2.03. The molecule has 4 heteroatoms. The van der Waals surface area contributed by atoms with Gasteiger partial charge in [0.1, 0.15) is 11.6 Å². The Labute approximate surface area is 208 Å². The van der Waals surface area contributed by atoms with E-state index in [2.05, 4.69) is 0 Å². The molecule has 4 aromatic rings. The molecule has 0 aliphatic heterocycles. The molecule has 0 radical (unpaired) electrons. The van der Waals surface area contributed by atoms with E-state index in [1.807, 2.05) is 60.7 Å². The Hall–Kier alpha value is -4.44. The Balaban J connectivity index is 1.65. The molecule has 2 nitrogen and oxygen atoms in total. The van der Waals surface area contributed by atoms with Crippen LogP contribution in [-0.4, -0.2) is 11.6 Å². The Bertz CT molecular complexity index is 1500. The highest BCUT2D eigenvalue weighted by Gasteiger charge is 2.27. The third kappa shape index (κ3) is 4.84. The van der Waals surface area contributed by atoms with E-state index >= 15 is 0 Å². The minimum Gasteiger partial charge on any atom is -0.294 e. The summed E-state index contributed by atoms with van der Waals surface area (Å²) >= 11 is 0. The van der Waals surface area contributed by atoms with Crippen LogP contribution in [0.25, 0.3) is 11.1 Å². The number of carbonyl (C=O) groups excluding carboxylic acids is 2. The van der Waals surface area contributed by atoms with Gasteiger partial charge in [-0.3, -0.25) is 9.59 Å². The number of Topliss-reactive ketones (excluding diaryl/α,β-unsaturated/α-hetero) is 2. The molecule has 0 bridgehead atoms. The van der Waals surface area contributed by atoms with Crippen LogP contribution < -0.4 is 0 Å². The first-order valence-corrected chi connectivity index (χ1v) is 11.7. The zero-order valence-electron chi connectivity index (χ0n) is 19.4. The average molecular weight is 477 g/mol. The maximum atomic E-state index is 13.8. The predicted molar refractivity (Wildman–Crippen MR) is 138 cm³/mol. The zero-order valence-corrected chi connectivity index (χ0v) is 19.4. The van der Waals surface area contributed by atoms with Gasteiger partial charge in [-0.15, -0.1) is 0 Å². The third-order valence-electron chi connectivity index (χ3n) is 6.36. The predicted octanol–water partition coefficient (Wildman–Crippen LogP) is 7.51. The minimum atomic E-state index is -0.409. The minimum absolute atomic E-state index is 0.0504. The lowest BCUT2D eigenvalue weighted by Gasteiger charge is -2.13. The molecule has 0 N–H and O–H groups in total. The number of hydrogen-bond donors (Lipinski definition) is 0. The largest absolute Gasteiger partial charge is 0.294 e. The van der Waals surface area contributed by atoms with Crippen LogP contribution in [0.15, 0.2) is 115 Å². The summed E-state index contributed by atoms with van der Waals surface area (Å²) in [6.07, 6.45) is 2.37. The molecule has 0 unspecified atom stereocenters. The van der Waals surface area contributed by atoms with Gasteiger partial charge in [-0.1, -0.05) is 66.7 Å². The van der Waals surface area contributed by atoms with Gasteiger partial charge in [-0.05, 0) is 70.3 Å². The van der Waals surface area contributed by atoms with Crippen molar-refractivity contribution in [2.75, 3.05) is 0 Å². The molecule has 0 aromatic heterocycles. The van der Waals surface area contributed by atoms with Gasteiger partial charge in [0.2, 0.25) is 0 Å². The number of fused-ring (bicyclic) bond motifs is 1. The molecular formula is C32H22F2O2. The maximum absolute atomic E-state index is 13.8. The summed E-state index contributed by atoms with van der Waals surface area (Å²) in [5, 5.41) is 0. The lowest BCUT2D eigenvalue weighted by atomic mass is 9.90. The maximum Gasteiger partial charge on any atom is 0.190 e. The number of halogens is 2. The van der Waals surface area contributed by atoms with E-state index < -0.39 is 5.82 Å². The summed E-state index contributed by atoms with van der Waals surface area (Å²) in [4.78, 5) is 26.6. The van der Waals surface area contributed by atoms with Crippen molar-refractivity contribution in [3.05, 3.63) is 154 Å². The van der Waals surface area contributed by atoms with Crippen molar-refractivity contribution in [1.29, 1.82) is 0 Å². The zero-order chi connectivity index (χ0) is 25.1. The number of benzene rings is 4. The van der Waals surface area contributed by atoms with Crippen molar-refractivity contribution in [2.24, 2.45) is 0 Å². The van der Waals surface area contributed by atoms with E-state index in [1.165, 1.54) is 36.4 Å². The fourth-order valence-corrected chi connectivity index (χ4v) is 4.49. The van der Waals surface area contributed by atoms with Crippen molar-refractivity contribution < 1.29 is 18.4 Å². The van der Waals surface area contributed by atoms with E-state index in [0.717, 1.165) is 11.1 Å². The van der Waals surface area contributed by atoms with Crippen LogP contribution in [0.4, 0.5) is 8.78 Å². The number of hydrogen-bond acceptors (Lipinski definition) is 2. The van der Waals surface area contributed by atoms with Gasteiger partial charge in [-0.2, -0.15) is 0 Å².